The van der Waals surface area contributed by atoms with Crippen molar-refractivity contribution in [2.75, 3.05) is 20.6 Å². The second kappa shape index (κ2) is 8.47. The summed E-state index contributed by atoms with van der Waals surface area (Å²) in [6.07, 6.45) is 11.3. The number of rotatable bonds is 3. The SMILES string of the molecule is CN1CC[C@]23c4c5c([N+](=O)[O-])cc(O)c4O[C@H]2CCC[C@H]3[C@H]1C5.CNC(=O)/C=C/c1ccoc1. The standard InChI is InChI=1S/C17H20N2O4.C8H9NO2/c1-18-6-5-17-10-3-2-4-14(17)23-16-13(20)8-11(19(21)22)9(15(16)17)7-12(10)18;1-9-8(10)3-2-7-4-5-11-6-7/h8,10,12,14,20H,2-7H2,1H3;2-6H,1H3,(H,9,10)/b;3-2+/t10-,12+,14-,17+;/m0./s1. The fourth-order valence-electron chi connectivity index (χ4n) is 6.56. The molecular weight excluding hydrogens is 438 g/mol. The number of hydrogen-bond acceptors (Lipinski definition) is 7. The van der Waals surface area contributed by atoms with Gasteiger partial charge in [0.2, 0.25) is 5.91 Å². The van der Waals surface area contributed by atoms with E-state index in [1.54, 1.807) is 31.7 Å². The number of hydrogen-bond donors (Lipinski definition) is 2. The van der Waals surface area contributed by atoms with Crippen molar-refractivity contribution in [3.63, 3.8) is 0 Å². The number of phenols is 1. The van der Waals surface area contributed by atoms with Gasteiger partial charge in [-0.2, -0.15) is 0 Å². The minimum Gasteiger partial charge on any atom is -0.504 e. The van der Waals surface area contributed by atoms with E-state index in [2.05, 4.69) is 17.3 Å². The zero-order valence-corrected chi connectivity index (χ0v) is 19.3. The average molecular weight is 468 g/mol. The molecule has 2 aliphatic heterocycles. The Morgan fingerprint density at radius 3 is 2.94 bits per heavy atom. The van der Waals surface area contributed by atoms with Gasteiger partial charge in [-0.1, -0.05) is 0 Å². The van der Waals surface area contributed by atoms with Crippen molar-refractivity contribution in [1.82, 2.24) is 10.2 Å². The first-order chi connectivity index (χ1) is 16.4. The Morgan fingerprint density at radius 2 is 2.24 bits per heavy atom. The molecule has 1 amide bonds. The molecule has 1 aromatic heterocycles. The van der Waals surface area contributed by atoms with Gasteiger partial charge in [-0.25, -0.2) is 0 Å². The normalized spacial score (nSPS) is 28.5. The van der Waals surface area contributed by atoms with Gasteiger partial charge >= 0.3 is 0 Å². The summed E-state index contributed by atoms with van der Waals surface area (Å²) in [5, 5.41) is 24.4. The van der Waals surface area contributed by atoms with Crippen LogP contribution in [0.2, 0.25) is 0 Å². The smallest absolute Gasteiger partial charge is 0.276 e. The molecule has 1 saturated heterocycles. The van der Waals surface area contributed by atoms with Gasteiger partial charge in [0.1, 0.15) is 6.10 Å². The molecule has 2 N–H and O–H groups in total. The Morgan fingerprint density at radius 1 is 1.41 bits per heavy atom. The van der Waals surface area contributed by atoms with Crippen LogP contribution < -0.4 is 10.1 Å². The molecule has 2 bridgehead atoms. The van der Waals surface area contributed by atoms with Gasteiger partial charge in [0.25, 0.3) is 5.69 Å². The summed E-state index contributed by atoms with van der Waals surface area (Å²) in [5.74, 6) is 0.835. The molecule has 0 radical (unpaired) electrons. The second-order valence-corrected chi connectivity index (χ2v) is 9.55. The number of piperidine rings is 1. The molecule has 2 aliphatic carbocycles. The molecule has 1 saturated carbocycles. The Bertz CT molecular complexity index is 1140. The van der Waals surface area contributed by atoms with Gasteiger partial charge in [-0.3, -0.25) is 14.9 Å². The van der Waals surface area contributed by atoms with Crippen LogP contribution in [0.15, 0.2) is 35.2 Å². The molecule has 4 atom stereocenters. The highest BCUT2D eigenvalue weighted by atomic mass is 16.6. The second-order valence-electron chi connectivity index (χ2n) is 9.55. The highest BCUT2D eigenvalue weighted by molar-refractivity contribution is 5.91. The van der Waals surface area contributed by atoms with Crippen LogP contribution in [0.25, 0.3) is 6.08 Å². The van der Waals surface area contributed by atoms with Crippen molar-refractivity contribution in [3.8, 4) is 11.5 Å². The van der Waals surface area contributed by atoms with Crippen molar-refractivity contribution < 1.29 is 24.0 Å². The molecule has 9 nitrogen and oxygen atoms in total. The van der Waals surface area contributed by atoms with E-state index in [4.69, 9.17) is 9.15 Å². The Labute approximate surface area is 197 Å². The zero-order chi connectivity index (χ0) is 24.0. The number of nitrogens with zero attached hydrogens (tertiary/aromatic N) is 2. The topological polar surface area (TPSA) is 118 Å². The number of amides is 1. The van der Waals surface area contributed by atoms with E-state index >= 15 is 0 Å². The molecule has 1 aromatic carbocycles. The number of aromatic hydroxyl groups is 1. The number of carbonyl (C=O) groups excluding carboxylic acids is 1. The van der Waals surface area contributed by atoms with Crippen LogP contribution >= 0.6 is 0 Å². The molecule has 9 heteroatoms. The maximum absolute atomic E-state index is 11.5. The first-order valence-corrected chi connectivity index (χ1v) is 11.7. The van der Waals surface area contributed by atoms with E-state index in [0.717, 1.165) is 48.9 Å². The molecule has 6 rings (SSSR count). The number of phenolic OH excluding ortho intramolecular Hbond substituents is 1. The predicted octanol–water partition coefficient (Wildman–Crippen LogP) is 3.40. The lowest BCUT2D eigenvalue weighted by atomic mass is 9.52. The van der Waals surface area contributed by atoms with Gasteiger partial charge in [0.05, 0.1) is 23.5 Å². The quantitative estimate of drug-likeness (QED) is 0.403. The number of ether oxygens (including phenoxy) is 1. The summed E-state index contributed by atoms with van der Waals surface area (Å²) in [6, 6.07) is 3.41. The average Bonchev–Trinajstić information content (AvgIpc) is 3.46. The number of benzene rings is 1. The molecule has 1 spiro atoms. The number of likely N-dealkylation sites (tertiary alicyclic amines) is 1. The van der Waals surface area contributed by atoms with Gasteiger partial charge in [-0.15, -0.1) is 0 Å². The van der Waals surface area contributed by atoms with Gasteiger partial charge in [0.15, 0.2) is 11.5 Å². The van der Waals surface area contributed by atoms with E-state index in [0.29, 0.717) is 24.1 Å². The Balaban J connectivity index is 0.000000186. The first-order valence-electron chi connectivity index (χ1n) is 11.7. The summed E-state index contributed by atoms with van der Waals surface area (Å²) in [7, 11) is 3.72. The summed E-state index contributed by atoms with van der Waals surface area (Å²) >= 11 is 0. The van der Waals surface area contributed by atoms with Crippen LogP contribution in [-0.4, -0.2) is 53.6 Å². The minimum absolute atomic E-state index is 0.0599. The fourth-order valence-corrected chi connectivity index (χ4v) is 6.56. The third-order valence-corrected chi connectivity index (χ3v) is 8.02. The van der Waals surface area contributed by atoms with Crippen LogP contribution in [0.3, 0.4) is 0 Å². The zero-order valence-electron chi connectivity index (χ0n) is 19.3. The van der Waals surface area contributed by atoms with Crippen LogP contribution in [-0.2, 0) is 16.6 Å². The van der Waals surface area contributed by atoms with E-state index in [1.165, 1.54) is 12.1 Å². The van der Waals surface area contributed by atoms with Crippen molar-refractivity contribution in [2.24, 2.45) is 5.92 Å². The minimum atomic E-state index is -0.349. The van der Waals surface area contributed by atoms with Gasteiger partial charge < -0.3 is 24.5 Å². The van der Waals surface area contributed by atoms with Crippen molar-refractivity contribution in [2.45, 2.75) is 49.7 Å². The monoisotopic (exact) mass is 467 g/mol. The van der Waals surface area contributed by atoms with E-state index < -0.39 is 0 Å². The number of nitrogens with one attached hydrogen (secondary N) is 1. The maximum Gasteiger partial charge on any atom is 0.276 e. The summed E-state index contributed by atoms with van der Waals surface area (Å²) in [6.45, 7) is 0.989. The number of nitro benzene ring substituents is 1. The summed E-state index contributed by atoms with van der Waals surface area (Å²) in [5.41, 5.74) is 2.60. The highest BCUT2D eigenvalue weighted by Crippen LogP contribution is 2.64. The van der Waals surface area contributed by atoms with E-state index in [1.807, 2.05) is 0 Å². The molecule has 180 valence electrons. The summed E-state index contributed by atoms with van der Waals surface area (Å²) in [4.78, 5) is 24.2. The number of carbonyl (C=O) groups is 1. The molecule has 2 aromatic rings. The third-order valence-electron chi connectivity index (χ3n) is 8.02. The summed E-state index contributed by atoms with van der Waals surface area (Å²) < 4.78 is 11.0. The largest absolute Gasteiger partial charge is 0.504 e. The van der Waals surface area contributed by atoms with Gasteiger partial charge in [0, 0.05) is 41.3 Å². The molecule has 4 aliphatic rings. The lowest BCUT2D eigenvalue weighted by Gasteiger charge is -2.57. The highest BCUT2D eigenvalue weighted by Gasteiger charge is 2.64. The van der Waals surface area contributed by atoms with E-state index in [9.17, 15) is 20.0 Å². The molecule has 34 heavy (non-hydrogen) atoms. The van der Waals surface area contributed by atoms with Crippen molar-refractivity contribution in [1.29, 1.82) is 0 Å². The van der Waals surface area contributed by atoms with Gasteiger partial charge in [-0.05, 0) is 63.8 Å². The first kappa shape index (κ1) is 22.5. The fraction of sp³-hybridized carbons (Fsp3) is 0.480. The molecule has 0 unspecified atom stereocenters. The molecule has 3 heterocycles. The molecule has 2 fully saturated rings. The van der Waals surface area contributed by atoms with Crippen LogP contribution in [0.4, 0.5) is 5.69 Å². The Kier molecular flexibility index (Phi) is 5.59. The van der Waals surface area contributed by atoms with Crippen LogP contribution in [0.1, 0.15) is 42.4 Å². The molecular formula is C25H29N3O6. The number of furan rings is 1. The Hall–Kier alpha value is -3.33. The lowest BCUT2D eigenvalue weighted by molar-refractivity contribution is -0.385. The predicted molar refractivity (Wildman–Crippen MR) is 125 cm³/mol. The van der Waals surface area contributed by atoms with E-state index in [-0.39, 0.29) is 33.8 Å². The van der Waals surface area contributed by atoms with Crippen molar-refractivity contribution >= 4 is 17.7 Å². The maximum atomic E-state index is 11.5. The third kappa shape index (κ3) is 3.37. The van der Waals surface area contributed by atoms with Crippen LogP contribution in [0.5, 0.6) is 11.5 Å². The lowest BCUT2D eigenvalue weighted by Crippen LogP contribution is -2.63. The number of nitro groups is 1. The number of likely N-dealkylation sites (N-methyl/N-ethyl adjacent to an activating group) is 2. The van der Waals surface area contributed by atoms with Crippen molar-refractivity contribution in [3.05, 3.63) is 57.5 Å². The van der Waals surface area contributed by atoms with Crippen LogP contribution in [0, 0.1) is 16.0 Å².